The second-order valence-electron chi connectivity index (χ2n) is 3.79. The van der Waals surface area contributed by atoms with Crippen LogP contribution in [0.5, 0.6) is 0 Å². The molecule has 0 radical (unpaired) electrons. The summed E-state index contributed by atoms with van der Waals surface area (Å²) in [6, 6.07) is 12.6. The molecular weight excluding hydrogens is 238 g/mol. The Morgan fingerprint density at radius 2 is 1.81 bits per heavy atom. The Hall–Kier alpha value is -0.830. The highest BCUT2D eigenvalue weighted by atomic mass is 35.5. The predicted octanol–water partition coefficient (Wildman–Crippen LogP) is 4.00. The zero-order valence-electron chi connectivity index (χ0n) is 9.16. The van der Waals surface area contributed by atoms with E-state index in [1.807, 2.05) is 6.07 Å². The molecule has 0 fully saturated rings. The number of hydrogen-bond acceptors (Lipinski definition) is 2. The molecule has 2 rings (SSSR count). The van der Waals surface area contributed by atoms with Crippen molar-refractivity contribution in [1.82, 2.24) is 5.32 Å². The molecule has 0 spiro atoms. The topological polar surface area (TPSA) is 12.0 Å². The zero-order chi connectivity index (χ0) is 11.4. The van der Waals surface area contributed by atoms with Crippen molar-refractivity contribution in [2.75, 3.05) is 0 Å². The number of benzene rings is 1. The van der Waals surface area contributed by atoms with Crippen molar-refractivity contribution in [1.29, 1.82) is 0 Å². The van der Waals surface area contributed by atoms with Crippen LogP contribution in [0.2, 0.25) is 4.34 Å². The maximum absolute atomic E-state index is 5.86. The molecule has 3 heteroatoms. The molecule has 0 bridgehead atoms. The van der Waals surface area contributed by atoms with Crippen molar-refractivity contribution in [2.45, 2.75) is 20.0 Å². The first-order chi connectivity index (χ1) is 7.74. The molecule has 84 valence electrons. The second-order valence-corrected chi connectivity index (χ2v) is 5.59. The quantitative estimate of drug-likeness (QED) is 0.866. The normalized spacial score (nSPS) is 10.6. The predicted molar refractivity (Wildman–Crippen MR) is 71.1 cm³/mol. The summed E-state index contributed by atoms with van der Waals surface area (Å²) in [5.41, 5.74) is 2.61. The fourth-order valence-electron chi connectivity index (χ4n) is 1.48. The molecule has 0 saturated carbocycles. The minimum absolute atomic E-state index is 0.854. The highest BCUT2D eigenvalue weighted by molar-refractivity contribution is 7.16. The lowest BCUT2D eigenvalue weighted by Crippen LogP contribution is -2.11. The van der Waals surface area contributed by atoms with Gasteiger partial charge in [0.25, 0.3) is 0 Å². The van der Waals surface area contributed by atoms with Crippen LogP contribution in [0.1, 0.15) is 16.0 Å². The van der Waals surface area contributed by atoms with E-state index < -0.39 is 0 Å². The van der Waals surface area contributed by atoms with Gasteiger partial charge in [-0.1, -0.05) is 41.4 Å². The third-order valence-corrected chi connectivity index (χ3v) is 3.61. The van der Waals surface area contributed by atoms with Gasteiger partial charge in [0.1, 0.15) is 0 Å². The summed E-state index contributed by atoms with van der Waals surface area (Å²) >= 11 is 7.49. The number of aryl methyl sites for hydroxylation is 1. The smallest absolute Gasteiger partial charge is 0.0931 e. The van der Waals surface area contributed by atoms with E-state index >= 15 is 0 Å². The van der Waals surface area contributed by atoms with Crippen LogP contribution in [0.25, 0.3) is 0 Å². The van der Waals surface area contributed by atoms with Crippen LogP contribution in [-0.2, 0) is 13.1 Å². The molecule has 0 unspecified atom stereocenters. The van der Waals surface area contributed by atoms with Gasteiger partial charge in [0, 0.05) is 18.0 Å². The Balaban J connectivity index is 1.82. The van der Waals surface area contributed by atoms with E-state index in [0.717, 1.165) is 17.4 Å². The number of hydrogen-bond donors (Lipinski definition) is 1. The van der Waals surface area contributed by atoms with Gasteiger partial charge in [0.2, 0.25) is 0 Å². The van der Waals surface area contributed by atoms with Crippen molar-refractivity contribution < 1.29 is 0 Å². The Kier molecular flexibility index (Phi) is 3.99. The highest BCUT2D eigenvalue weighted by Crippen LogP contribution is 2.21. The molecule has 0 amide bonds. The van der Waals surface area contributed by atoms with Gasteiger partial charge in [-0.2, -0.15) is 0 Å². The molecule has 2 aromatic rings. The monoisotopic (exact) mass is 251 g/mol. The van der Waals surface area contributed by atoms with Crippen LogP contribution in [0.4, 0.5) is 0 Å². The standard InChI is InChI=1S/C13H14ClNS/c1-10-2-4-11(5-3-10)8-15-9-12-6-7-13(14)16-12/h2-7,15H,8-9H2,1H3. The molecule has 1 aromatic carbocycles. The van der Waals surface area contributed by atoms with E-state index in [0.29, 0.717) is 0 Å². The van der Waals surface area contributed by atoms with E-state index in [4.69, 9.17) is 11.6 Å². The van der Waals surface area contributed by atoms with Gasteiger partial charge in [-0.3, -0.25) is 0 Å². The lowest BCUT2D eigenvalue weighted by atomic mass is 10.1. The molecule has 0 atom stereocenters. The van der Waals surface area contributed by atoms with Crippen LogP contribution < -0.4 is 5.32 Å². The summed E-state index contributed by atoms with van der Waals surface area (Å²) in [5, 5.41) is 3.40. The first kappa shape index (κ1) is 11.6. The minimum Gasteiger partial charge on any atom is -0.308 e. The highest BCUT2D eigenvalue weighted by Gasteiger charge is 1.97. The summed E-state index contributed by atoms with van der Waals surface area (Å²) < 4.78 is 0.854. The lowest BCUT2D eigenvalue weighted by molar-refractivity contribution is 0.701. The van der Waals surface area contributed by atoms with E-state index in [-0.39, 0.29) is 0 Å². The minimum atomic E-state index is 0.854. The van der Waals surface area contributed by atoms with Crippen molar-refractivity contribution >= 4 is 22.9 Å². The molecule has 0 aliphatic heterocycles. The summed E-state index contributed by atoms with van der Waals surface area (Å²) in [7, 11) is 0. The van der Waals surface area contributed by atoms with Gasteiger partial charge in [0.05, 0.1) is 4.34 Å². The lowest BCUT2D eigenvalue weighted by Gasteiger charge is -2.03. The van der Waals surface area contributed by atoms with Gasteiger partial charge < -0.3 is 5.32 Å². The number of halogens is 1. The summed E-state index contributed by atoms with van der Waals surface area (Å²) in [6.07, 6.45) is 0. The average Bonchev–Trinajstić information content (AvgIpc) is 2.67. The largest absolute Gasteiger partial charge is 0.308 e. The molecule has 1 N–H and O–H groups in total. The molecule has 16 heavy (non-hydrogen) atoms. The third kappa shape index (κ3) is 3.34. The molecule has 1 aromatic heterocycles. The van der Waals surface area contributed by atoms with Gasteiger partial charge in [0.15, 0.2) is 0 Å². The van der Waals surface area contributed by atoms with Crippen molar-refractivity contribution in [3.8, 4) is 0 Å². The van der Waals surface area contributed by atoms with Crippen molar-refractivity contribution in [3.05, 3.63) is 56.7 Å². The molecule has 0 aliphatic carbocycles. The molecular formula is C13H14ClNS. The Morgan fingerprint density at radius 1 is 1.06 bits per heavy atom. The summed E-state index contributed by atoms with van der Waals surface area (Å²) in [5.74, 6) is 0. The van der Waals surface area contributed by atoms with Crippen LogP contribution in [-0.4, -0.2) is 0 Å². The van der Waals surface area contributed by atoms with Crippen LogP contribution in [0.15, 0.2) is 36.4 Å². The first-order valence-electron chi connectivity index (χ1n) is 5.24. The molecule has 1 nitrogen and oxygen atoms in total. The van der Waals surface area contributed by atoms with Crippen LogP contribution >= 0.6 is 22.9 Å². The molecule has 0 aliphatic rings. The maximum atomic E-state index is 5.86. The summed E-state index contributed by atoms with van der Waals surface area (Å²) in [4.78, 5) is 1.28. The van der Waals surface area contributed by atoms with Gasteiger partial charge in [-0.05, 0) is 24.6 Å². The SMILES string of the molecule is Cc1ccc(CNCc2ccc(Cl)s2)cc1. The van der Waals surface area contributed by atoms with E-state index in [1.54, 1.807) is 11.3 Å². The van der Waals surface area contributed by atoms with Crippen molar-refractivity contribution in [3.63, 3.8) is 0 Å². The van der Waals surface area contributed by atoms with Crippen LogP contribution in [0.3, 0.4) is 0 Å². The Morgan fingerprint density at radius 3 is 2.44 bits per heavy atom. The average molecular weight is 252 g/mol. The molecule has 1 heterocycles. The molecule has 0 saturated heterocycles. The first-order valence-corrected chi connectivity index (χ1v) is 6.44. The van der Waals surface area contributed by atoms with Gasteiger partial charge in [-0.25, -0.2) is 0 Å². The van der Waals surface area contributed by atoms with Gasteiger partial charge >= 0.3 is 0 Å². The summed E-state index contributed by atoms with van der Waals surface area (Å²) in [6.45, 7) is 3.88. The van der Waals surface area contributed by atoms with E-state index in [9.17, 15) is 0 Å². The third-order valence-electron chi connectivity index (χ3n) is 2.38. The fraction of sp³-hybridized carbons (Fsp3) is 0.231. The Labute approximate surface area is 105 Å². The number of rotatable bonds is 4. The van der Waals surface area contributed by atoms with Gasteiger partial charge in [-0.15, -0.1) is 11.3 Å². The van der Waals surface area contributed by atoms with E-state index in [2.05, 4.69) is 42.6 Å². The Bertz CT molecular complexity index is 447. The van der Waals surface area contributed by atoms with Crippen molar-refractivity contribution in [2.24, 2.45) is 0 Å². The fourth-order valence-corrected chi connectivity index (χ4v) is 2.54. The number of nitrogens with one attached hydrogen (secondary N) is 1. The second kappa shape index (κ2) is 5.48. The zero-order valence-corrected chi connectivity index (χ0v) is 10.7. The number of thiophene rings is 1. The maximum Gasteiger partial charge on any atom is 0.0931 e. The van der Waals surface area contributed by atoms with E-state index in [1.165, 1.54) is 16.0 Å². The van der Waals surface area contributed by atoms with Crippen LogP contribution in [0, 0.1) is 6.92 Å².